The molecule has 0 unspecified atom stereocenters. The van der Waals surface area contributed by atoms with Crippen molar-refractivity contribution in [3.05, 3.63) is 176 Å². The Morgan fingerprint density at radius 2 is 0.807 bits per heavy atom. The zero-order chi connectivity index (χ0) is 37.5. The van der Waals surface area contributed by atoms with Crippen LogP contribution in [0.25, 0.3) is 120 Å². The summed E-state index contributed by atoms with van der Waals surface area (Å²) < 4.78 is 15.4. The van der Waals surface area contributed by atoms with E-state index < -0.39 is 0 Å². The second kappa shape index (κ2) is 12.6. The molecule has 0 radical (unpaired) electrons. The lowest BCUT2D eigenvalue weighted by Crippen LogP contribution is -2.00. The van der Waals surface area contributed by atoms with Gasteiger partial charge in [-0.25, -0.2) is 15.0 Å². The van der Waals surface area contributed by atoms with Gasteiger partial charge in [0.15, 0.2) is 17.5 Å². The summed E-state index contributed by atoms with van der Waals surface area (Å²) in [6.07, 6.45) is 0. The van der Waals surface area contributed by atoms with Gasteiger partial charge in [0.1, 0.15) is 22.3 Å². The SMILES string of the molecule is c1ccc(-c2nc(-c3ccccc3)nc(-c3cccc4c3sc3c(-c5ccc6c(c5)oc5c(-c7ccc8c(c7)oc7ccccc78)cccc56)cccc34)n2)cc1. The highest BCUT2D eigenvalue weighted by atomic mass is 32.1. The van der Waals surface area contributed by atoms with Crippen molar-refractivity contribution in [2.24, 2.45) is 0 Å². The van der Waals surface area contributed by atoms with E-state index in [0.29, 0.717) is 17.5 Å². The average Bonchev–Trinajstić information content (AvgIpc) is 3.97. The van der Waals surface area contributed by atoms with Gasteiger partial charge >= 0.3 is 0 Å². The summed E-state index contributed by atoms with van der Waals surface area (Å²) in [6.45, 7) is 0. The van der Waals surface area contributed by atoms with Gasteiger partial charge < -0.3 is 8.83 Å². The molecule has 0 amide bonds. The number of nitrogens with zero attached hydrogens (tertiary/aromatic N) is 3. The molecule has 12 aromatic rings. The lowest BCUT2D eigenvalue weighted by Gasteiger charge is -2.09. The molecule has 0 aliphatic rings. The second-order valence-electron chi connectivity index (χ2n) is 14.3. The van der Waals surface area contributed by atoms with Gasteiger partial charge in [0.2, 0.25) is 0 Å². The number of benzene rings is 8. The molecule has 12 rings (SSSR count). The number of hydrogen-bond donors (Lipinski definition) is 0. The van der Waals surface area contributed by atoms with E-state index >= 15 is 0 Å². The number of fused-ring (bicyclic) bond motifs is 9. The normalized spacial score (nSPS) is 11.9. The van der Waals surface area contributed by atoms with Crippen molar-refractivity contribution in [3.63, 3.8) is 0 Å². The van der Waals surface area contributed by atoms with E-state index in [2.05, 4.69) is 97.1 Å². The van der Waals surface area contributed by atoms with Crippen LogP contribution in [-0.2, 0) is 0 Å². The molecule has 0 fully saturated rings. The predicted octanol–water partition coefficient (Wildman–Crippen LogP) is 14.4. The Kier molecular flexibility index (Phi) is 7.03. The van der Waals surface area contributed by atoms with Crippen LogP contribution in [0.2, 0.25) is 0 Å². The minimum absolute atomic E-state index is 0.649. The molecule has 5 nitrogen and oxygen atoms in total. The summed E-state index contributed by atoms with van der Waals surface area (Å²) in [5.41, 5.74) is 10.7. The van der Waals surface area contributed by atoms with Crippen LogP contribution < -0.4 is 0 Å². The van der Waals surface area contributed by atoms with Crippen LogP contribution in [0.3, 0.4) is 0 Å². The van der Waals surface area contributed by atoms with Crippen LogP contribution >= 0.6 is 11.3 Å². The Labute approximate surface area is 330 Å². The minimum Gasteiger partial charge on any atom is -0.456 e. The number of rotatable bonds is 5. The summed E-state index contributed by atoms with van der Waals surface area (Å²) in [6, 6.07) is 60.8. The predicted molar refractivity (Wildman–Crippen MR) is 234 cm³/mol. The Morgan fingerprint density at radius 1 is 0.316 bits per heavy atom. The number of para-hydroxylation sites is 2. The zero-order valence-corrected chi connectivity index (χ0v) is 31.1. The van der Waals surface area contributed by atoms with Crippen molar-refractivity contribution >= 4 is 75.4 Å². The molecule has 0 saturated carbocycles. The first kappa shape index (κ1) is 31.9. The number of furan rings is 2. The van der Waals surface area contributed by atoms with E-state index in [1.807, 2.05) is 78.9 Å². The van der Waals surface area contributed by atoms with Crippen molar-refractivity contribution in [1.82, 2.24) is 15.0 Å². The molecule has 8 aromatic carbocycles. The average molecular weight is 748 g/mol. The maximum absolute atomic E-state index is 6.76. The van der Waals surface area contributed by atoms with Crippen LogP contribution in [0.1, 0.15) is 0 Å². The topological polar surface area (TPSA) is 65.0 Å². The van der Waals surface area contributed by atoms with Gasteiger partial charge in [0.25, 0.3) is 0 Å². The smallest absolute Gasteiger partial charge is 0.165 e. The molecule has 0 N–H and O–H groups in total. The van der Waals surface area contributed by atoms with Crippen molar-refractivity contribution in [2.45, 2.75) is 0 Å². The fraction of sp³-hybridized carbons (Fsp3) is 0. The minimum atomic E-state index is 0.649. The third kappa shape index (κ3) is 5.12. The fourth-order valence-corrected chi connectivity index (χ4v) is 9.58. The molecule has 4 aromatic heterocycles. The molecule has 0 bridgehead atoms. The molecule has 266 valence electrons. The summed E-state index contributed by atoms with van der Waals surface area (Å²) in [7, 11) is 0. The van der Waals surface area contributed by atoms with Crippen molar-refractivity contribution in [2.75, 3.05) is 0 Å². The molecule has 57 heavy (non-hydrogen) atoms. The van der Waals surface area contributed by atoms with Gasteiger partial charge in [-0.05, 0) is 53.1 Å². The van der Waals surface area contributed by atoms with Crippen molar-refractivity contribution in [1.29, 1.82) is 0 Å². The molecule has 0 atom stereocenters. The highest BCUT2D eigenvalue weighted by molar-refractivity contribution is 7.26. The van der Waals surface area contributed by atoms with Gasteiger partial charge in [0, 0.05) is 64.0 Å². The Bertz CT molecular complexity index is 3470. The summed E-state index contributed by atoms with van der Waals surface area (Å²) in [4.78, 5) is 15.1. The van der Waals surface area contributed by atoms with E-state index in [0.717, 1.165) is 87.5 Å². The highest BCUT2D eigenvalue weighted by Gasteiger charge is 2.20. The molecule has 0 spiro atoms. The van der Waals surface area contributed by atoms with E-state index in [-0.39, 0.29) is 0 Å². The summed E-state index contributed by atoms with van der Waals surface area (Å²) in [5.74, 6) is 1.95. The molecule has 6 heteroatoms. The summed E-state index contributed by atoms with van der Waals surface area (Å²) in [5, 5.41) is 6.78. The molecular weight excluding hydrogens is 719 g/mol. The van der Waals surface area contributed by atoms with E-state index in [9.17, 15) is 0 Å². The van der Waals surface area contributed by atoms with Gasteiger partial charge in [-0.3, -0.25) is 0 Å². The third-order valence-corrected chi connectivity index (χ3v) is 12.3. The number of aromatic nitrogens is 3. The van der Waals surface area contributed by atoms with Gasteiger partial charge in [-0.2, -0.15) is 0 Å². The lowest BCUT2D eigenvalue weighted by molar-refractivity contribution is 0.668. The monoisotopic (exact) mass is 747 g/mol. The van der Waals surface area contributed by atoms with E-state index in [1.54, 1.807) is 11.3 Å². The molecule has 4 heterocycles. The highest BCUT2D eigenvalue weighted by Crippen LogP contribution is 2.45. The van der Waals surface area contributed by atoms with Crippen molar-refractivity contribution in [3.8, 4) is 56.4 Å². The second-order valence-corrected chi connectivity index (χ2v) is 15.3. The quantitative estimate of drug-likeness (QED) is 0.175. The van der Waals surface area contributed by atoms with Crippen LogP contribution in [0, 0.1) is 0 Å². The van der Waals surface area contributed by atoms with E-state index in [4.69, 9.17) is 23.8 Å². The van der Waals surface area contributed by atoms with E-state index in [1.165, 1.54) is 15.5 Å². The molecule has 0 aliphatic carbocycles. The summed E-state index contributed by atoms with van der Waals surface area (Å²) >= 11 is 1.78. The maximum atomic E-state index is 6.76. The zero-order valence-electron chi connectivity index (χ0n) is 30.3. The number of hydrogen-bond acceptors (Lipinski definition) is 6. The molecule has 0 saturated heterocycles. The van der Waals surface area contributed by atoms with Crippen LogP contribution in [-0.4, -0.2) is 15.0 Å². The first-order chi connectivity index (χ1) is 28.2. The first-order valence-electron chi connectivity index (χ1n) is 18.9. The molecular formula is C51H29N3O2S. The first-order valence-corrected chi connectivity index (χ1v) is 19.7. The van der Waals surface area contributed by atoms with Gasteiger partial charge in [-0.15, -0.1) is 11.3 Å². The van der Waals surface area contributed by atoms with Crippen LogP contribution in [0.4, 0.5) is 0 Å². The van der Waals surface area contributed by atoms with Crippen LogP contribution in [0.5, 0.6) is 0 Å². The van der Waals surface area contributed by atoms with Crippen LogP contribution in [0.15, 0.2) is 185 Å². The van der Waals surface area contributed by atoms with Gasteiger partial charge in [-0.1, -0.05) is 140 Å². The largest absolute Gasteiger partial charge is 0.456 e. The van der Waals surface area contributed by atoms with Crippen molar-refractivity contribution < 1.29 is 8.83 Å². The Morgan fingerprint density at radius 3 is 1.51 bits per heavy atom. The van der Waals surface area contributed by atoms with Gasteiger partial charge in [0.05, 0.1) is 0 Å². The maximum Gasteiger partial charge on any atom is 0.165 e. The Balaban J connectivity index is 0.991. The standard InChI is InChI=1S/C51H29N3O2S/c1-3-12-30(13-4-1)49-52-50(31-14-5-2-6-15-31)54-51(53-49)42-22-11-21-41-40-20-10-18-35(47(40)57-48(41)42)33-25-27-38-39-19-9-17-34(46(39)56-45(38)29-33)32-24-26-37-36-16-7-8-23-43(36)55-44(37)28-32/h1-29H. The Hall–Kier alpha value is -7.41. The molecule has 0 aliphatic heterocycles. The third-order valence-electron chi connectivity index (χ3n) is 11.0. The lowest BCUT2D eigenvalue weighted by atomic mass is 9.99. The fourth-order valence-electron chi connectivity index (χ4n) is 8.24. The number of thiophene rings is 1.